The van der Waals surface area contributed by atoms with Gasteiger partial charge in [0.05, 0.1) is 16.3 Å². The summed E-state index contributed by atoms with van der Waals surface area (Å²) in [4.78, 5) is 28.5. The number of anilines is 1. The van der Waals surface area contributed by atoms with Crippen molar-refractivity contribution in [1.29, 1.82) is 0 Å². The number of tetrazole rings is 1. The van der Waals surface area contributed by atoms with Crippen molar-refractivity contribution < 1.29 is 9.72 Å². The minimum Gasteiger partial charge on any atom is -0.298 e. The fraction of sp³-hybridized carbons (Fsp3) is 0.105. The molecule has 1 N–H and O–H groups in total. The first-order valence-electron chi connectivity index (χ1n) is 8.84. The minimum atomic E-state index is -0.418. The molecule has 0 unspecified atom stereocenters. The summed E-state index contributed by atoms with van der Waals surface area (Å²) in [6, 6.07) is 13.4. The van der Waals surface area contributed by atoms with Crippen LogP contribution in [-0.4, -0.2) is 36.0 Å². The molecule has 10 nitrogen and oxygen atoms in total. The highest BCUT2D eigenvalue weighted by molar-refractivity contribution is 7.15. The van der Waals surface area contributed by atoms with Crippen LogP contribution in [0.25, 0.3) is 5.69 Å². The molecule has 0 spiro atoms. The number of thiazole rings is 1. The maximum atomic E-state index is 12.7. The van der Waals surface area contributed by atoms with Crippen LogP contribution in [0.2, 0.25) is 0 Å². The van der Waals surface area contributed by atoms with E-state index in [0.29, 0.717) is 22.8 Å². The van der Waals surface area contributed by atoms with E-state index < -0.39 is 4.92 Å². The lowest BCUT2D eigenvalue weighted by atomic mass is 10.1. The van der Waals surface area contributed by atoms with Crippen molar-refractivity contribution in [2.75, 3.05) is 5.32 Å². The largest absolute Gasteiger partial charge is 0.298 e. The molecule has 2 aromatic carbocycles. The van der Waals surface area contributed by atoms with Crippen molar-refractivity contribution in [3.8, 4) is 5.69 Å². The molecule has 0 fully saturated rings. The SMILES string of the molecule is Cc1nc(NC(=O)c2cccc(-n3cnnn3)c2)sc1Cc1cccc([N+](=O)[O-])c1. The Kier molecular flexibility index (Phi) is 5.26. The number of benzene rings is 2. The molecule has 30 heavy (non-hydrogen) atoms. The van der Waals surface area contributed by atoms with Gasteiger partial charge >= 0.3 is 0 Å². The molecule has 0 saturated heterocycles. The van der Waals surface area contributed by atoms with E-state index in [1.165, 1.54) is 28.4 Å². The molecule has 0 bridgehead atoms. The number of hydrogen-bond acceptors (Lipinski definition) is 8. The maximum absolute atomic E-state index is 12.7. The summed E-state index contributed by atoms with van der Waals surface area (Å²) in [5.74, 6) is -0.305. The van der Waals surface area contributed by atoms with Crippen LogP contribution in [0.15, 0.2) is 54.9 Å². The van der Waals surface area contributed by atoms with Crippen LogP contribution >= 0.6 is 11.3 Å². The second-order valence-corrected chi connectivity index (χ2v) is 7.47. The minimum absolute atomic E-state index is 0.0469. The molecule has 1 amide bonds. The Bertz CT molecular complexity index is 1220. The van der Waals surface area contributed by atoms with Crippen LogP contribution in [0.4, 0.5) is 10.8 Å². The van der Waals surface area contributed by atoms with Crippen LogP contribution in [-0.2, 0) is 6.42 Å². The van der Waals surface area contributed by atoms with Gasteiger partial charge in [-0.2, -0.15) is 0 Å². The highest BCUT2D eigenvalue weighted by atomic mass is 32.1. The fourth-order valence-electron chi connectivity index (χ4n) is 2.85. The highest BCUT2D eigenvalue weighted by Crippen LogP contribution is 2.27. The molecule has 0 atom stereocenters. The summed E-state index contributed by atoms with van der Waals surface area (Å²) in [6.07, 6.45) is 1.94. The topological polar surface area (TPSA) is 129 Å². The van der Waals surface area contributed by atoms with Gasteiger partial charge in [0, 0.05) is 29.0 Å². The zero-order valence-corrected chi connectivity index (χ0v) is 16.5. The molecule has 4 rings (SSSR count). The fourth-order valence-corrected chi connectivity index (χ4v) is 3.84. The zero-order chi connectivity index (χ0) is 21.1. The summed E-state index contributed by atoms with van der Waals surface area (Å²) in [5.41, 5.74) is 2.73. The Morgan fingerprint density at radius 1 is 1.23 bits per heavy atom. The quantitative estimate of drug-likeness (QED) is 0.374. The zero-order valence-electron chi connectivity index (χ0n) is 15.7. The third-order valence-electron chi connectivity index (χ3n) is 4.32. The van der Waals surface area contributed by atoms with Crippen LogP contribution in [0.1, 0.15) is 26.5 Å². The monoisotopic (exact) mass is 421 g/mol. The Morgan fingerprint density at radius 2 is 2.07 bits per heavy atom. The Hall–Kier alpha value is -3.99. The first kappa shape index (κ1) is 19.3. The third kappa shape index (κ3) is 4.20. The van der Waals surface area contributed by atoms with Gasteiger partial charge in [0.15, 0.2) is 5.13 Å². The lowest BCUT2D eigenvalue weighted by Gasteiger charge is -2.04. The first-order valence-corrected chi connectivity index (χ1v) is 9.65. The Morgan fingerprint density at radius 3 is 2.83 bits per heavy atom. The number of carbonyl (C=O) groups is 1. The average molecular weight is 421 g/mol. The van der Waals surface area contributed by atoms with Crippen molar-refractivity contribution in [2.45, 2.75) is 13.3 Å². The van der Waals surface area contributed by atoms with Crippen molar-refractivity contribution in [3.63, 3.8) is 0 Å². The van der Waals surface area contributed by atoms with Crippen molar-refractivity contribution in [1.82, 2.24) is 25.2 Å². The lowest BCUT2D eigenvalue weighted by Crippen LogP contribution is -2.12. The number of carbonyl (C=O) groups excluding carboxylic acids is 1. The molecule has 0 radical (unpaired) electrons. The van der Waals surface area contributed by atoms with Crippen LogP contribution < -0.4 is 5.32 Å². The lowest BCUT2D eigenvalue weighted by molar-refractivity contribution is -0.384. The van der Waals surface area contributed by atoms with Gasteiger partial charge in [-0.1, -0.05) is 18.2 Å². The van der Waals surface area contributed by atoms with Gasteiger partial charge in [-0.25, -0.2) is 9.67 Å². The Balaban J connectivity index is 1.50. The summed E-state index contributed by atoms with van der Waals surface area (Å²) in [7, 11) is 0. The van der Waals surface area contributed by atoms with E-state index in [-0.39, 0.29) is 11.6 Å². The van der Waals surface area contributed by atoms with Gasteiger partial charge < -0.3 is 0 Å². The van der Waals surface area contributed by atoms with Gasteiger partial charge in [0.1, 0.15) is 6.33 Å². The van der Waals surface area contributed by atoms with E-state index in [1.54, 1.807) is 36.4 Å². The van der Waals surface area contributed by atoms with E-state index in [1.807, 2.05) is 13.0 Å². The summed E-state index contributed by atoms with van der Waals surface area (Å²) in [6.45, 7) is 1.84. The standard InChI is InChI=1S/C19H15N7O3S/c1-12-17(9-13-4-2-7-16(8-13)26(28)29)30-19(21-12)22-18(27)14-5-3-6-15(10-14)25-11-20-23-24-25/h2-8,10-11H,9H2,1H3,(H,21,22,27). The number of nitro benzene ring substituents is 1. The number of non-ortho nitro benzene ring substituents is 1. The van der Waals surface area contributed by atoms with Gasteiger partial charge in [0.25, 0.3) is 11.6 Å². The number of amides is 1. The summed E-state index contributed by atoms with van der Waals surface area (Å²) < 4.78 is 1.46. The molecule has 0 aliphatic rings. The number of aromatic nitrogens is 5. The predicted molar refractivity (Wildman–Crippen MR) is 110 cm³/mol. The first-order chi connectivity index (χ1) is 14.5. The summed E-state index contributed by atoms with van der Waals surface area (Å²) in [5, 5.41) is 25.2. The van der Waals surface area contributed by atoms with Gasteiger partial charge in [-0.15, -0.1) is 16.4 Å². The van der Waals surface area contributed by atoms with Gasteiger partial charge in [-0.05, 0) is 41.1 Å². The number of nitro groups is 1. The highest BCUT2D eigenvalue weighted by Gasteiger charge is 2.14. The molecule has 0 aliphatic heterocycles. The Labute approximate surface area is 174 Å². The molecule has 4 aromatic rings. The normalized spacial score (nSPS) is 10.7. The van der Waals surface area contributed by atoms with E-state index in [4.69, 9.17) is 0 Å². The second-order valence-electron chi connectivity index (χ2n) is 6.39. The maximum Gasteiger partial charge on any atom is 0.269 e. The number of hydrogen-bond donors (Lipinski definition) is 1. The van der Waals surface area contributed by atoms with Crippen molar-refractivity contribution >= 4 is 28.1 Å². The molecule has 11 heteroatoms. The molecule has 2 aromatic heterocycles. The van der Waals surface area contributed by atoms with Gasteiger partial charge in [0.2, 0.25) is 0 Å². The van der Waals surface area contributed by atoms with E-state index in [9.17, 15) is 14.9 Å². The van der Waals surface area contributed by atoms with Gasteiger partial charge in [-0.3, -0.25) is 20.2 Å². The average Bonchev–Trinajstić information content (AvgIpc) is 3.39. The molecule has 150 valence electrons. The predicted octanol–water partition coefficient (Wildman–Crippen LogP) is 3.18. The molecular formula is C19H15N7O3S. The van der Waals surface area contributed by atoms with Crippen LogP contribution in [0.3, 0.4) is 0 Å². The van der Waals surface area contributed by atoms with Crippen molar-refractivity contribution in [2.24, 2.45) is 0 Å². The third-order valence-corrected chi connectivity index (χ3v) is 5.39. The van der Waals surface area contributed by atoms with E-state index >= 15 is 0 Å². The second kappa shape index (κ2) is 8.17. The number of aryl methyl sites for hydroxylation is 1. The van der Waals surface area contributed by atoms with Crippen molar-refractivity contribution in [3.05, 3.63) is 86.7 Å². The molecular weight excluding hydrogens is 406 g/mol. The molecule has 0 aliphatic carbocycles. The molecule has 2 heterocycles. The smallest absolute Gasteiger partial charge is 0.269 e. The number of nitrogens with one attached hydrogen (secondary N) is 1. The summed E-state index contributed by atoms with van der Waals surface area (Å²) >= 11 is 1.34. The molecule has 0 saturated carbocycles. The van der Waals surface area contributed by atoms with E-state index in [2.05, 4.69) is 25.8 Å². The van der Waals surface area contributed by atoms with Crippen LogP contribution in [0, 0.1) is 17.0 Å². The van der Waals surface area contributed by atoms with Crippen LogP contribution in [0.5, 0.6) is 0 Å². The van der Waals surface area contributed by atoms with E-state index in [0.717, 1.165) is 16.1 Å². The number of rotatable bonds is 6. The number of nitrogens with zero attached hydrogens (tertiary/aromatic N) is 6.